The van der Waals surface area contributed by atoms with Crippen LogP contribution in [0.25, 0.3) is 0 Å². The summed E-state index contributed by atoms with van der Waals surface area (Å²) in [5.41, 5.74) is 0. The summed E-state index contributed by atoms with van der Waals surface area (Å²) in [6.07, 6.45) is 2.66. The van der Waals surface area contributed by atoms with E-state index in [0.29, 0.717) is 5.92 Å². The first kappa shape index (κ1) is 13.9. The maximum atomic E-state index is 9.69. The topological polar surface area (TPSA) is 38.7 Å². The van der Waals surface area contributed by atoms with E-state index in [0.717, 1.165) is 19.3 Å². The van der Waals surface area contributed by atoms with E-state index in [-0.39, 0.29) is 18.1 Å². The summed E-state index contributed by atoms with van der Waals surface area (Å²) in [4.78, 5) is 0. The summed E-state index contributed by atoms with van der Waals surface area (Å²) < 4.78 is 11.7. The molecule has 5 unspecified atom stereocenters. The van der Waals surface area contributed by atoms with Gasteiger partial charge >= 0.3 is 0 Å². The third-order valence-electron chi connectivity index (χ3n) is 4.08. The molecular formula is C13H26O3. The van der Waals surface area contributed by atoms with E-state index >= 15 is 0 Å². The maximum Gasteiger partial charge on any atom is 0.168 e. The van der Waals surface area contributed by atoms with Crippen molar-refractivity contribution in [1.29, 1.82) is 0 Å². The Hall–Kier alpha value is -0.120. The molecule has 1 aliphatic rings. The summed E-state index contributed by atoms with van der Waals surface area (Å²) in [7, 11) is 1.71. The normalized spacial score (nSPS) is 39.4. The highest BCUT2D eigenvalue weighted by Crippen LogP contribution is 2.38. The second kappa shape index (κ2) is 5.48. The Labute approximate surface area is 99.1 Å². The fraction of sp³-hybridized carbons (Fsp3) is 1.00. The fourth-order valence-electron chi connectivity index (χ4n) is 2.49. The molecule has 5 atom stereocenters. The van der Waals surface area contributed by atoms with Crippen LogP contribution in [0.2, 0.25) is 0 Å². The van der Waals surface area contributed by atoms with Gasteiger partial charge in [0.2, 0.25) is 0 Å². The largest absolute Gasteiger partial charge is 0.393 e. The van der Waals surface area contributed by atoms with Gasteiger partial charge in [-0.2, -0.15) is 0 Å². The zero-order valence-corrected chi connectivity index (χ0v) is 11.2. The van der Waals surface area contributed by atoms with Crippen molar-refractivity contribution in [3.8, 4) is 0 Å². The Morgan fingerprint density at radius 3 is 2.56 bits per heavy atom. The zero-order valence-electron chi connectivity index (χ0n) is 11.2. The first-order valence-electron chi connectivity index (χ1n) is 6.36. The molecule has 0 amide bonds. The second-order valence-corrected chi connectivity index (χ2v) is 5.17. The Balaban J connectivity index is 2.75. The van der Waals surface area contributed by atoms with Crippen LogP contribution in [0.15, 0.2) is 0 Å². The number of ether oxygens (including phenoxy) is 2. The third-order valence-corrected chi connectivity index (χ3v) is 4.08. The summed E-state index contributed by atoms with van der Waals surface area (Å²) in [6.45, 7) is 8.16. The highest BCUT2D eigenvalue weighted by molar-refractivity contribution is 4.85. The summed E-state index contributed by atoms with van der Waals surface area (Å²) in [6, 6.07) is 0. The number of aliphatic hydroxyl groups is 1. The number of aliphatic hydroxyl groups excluding tert-OH is 1. The van der Waals surface area contributed by atoms with Gasteiger partial charge in [0.15, 0.2) is 5.79 Å². The van der Waals surface area contributed by atoms with Gasteiger partial charge in [-0.25, -0.2) is 0 Å². The van der Waals surface area contributed by atoms with Crippen LogP contribution in [0, 0.1) is 11.8 Å². The van der Waals surface area contributed by atoms with Crippen LogP contribution in [0.1, 0.15) is 47.0 Å². The SMILES string of the molecule is CCC1(OC)CCC(C)C(C(C)C(C)O)O1. The minimum absolute atomic E-state index is 0.0913. The smallest absolute Gasteiger partial charge is 0.168 e. The van der Waals surface area contributed by atoms with Crippen LogP contribution >= 0.6 is 0 Å². The molecule has 0 aromatic rings. The predicted molar refractivity (Wildman–Crippen MR) is 64.1 cm³/mol. The lowest BCUT2D eigenvalue weighted by Crippen LogP contribution is -2.49. The molecule has 0 spiro atoms. The van der Waals surface area contributed by atoms with Crippen LogP contribution in [0.3, 0.4) is 0 Å². The van der Waals surface area contributed by atoms with Gasteiger partial charge in [0, 0.05) is 19.4 Å². The van der Waals surface area contributed by atoms with Crippen molar-refractivity contribution in [2.45, 2.75) is 65.0 Å². The molecule has 1 rings (SSSR count). The van der Waals surface area contributed by atoms with Gasteiger partial charge in [0.05, 0.1) is 12.2 Å². The minimum Gasteiger partial charge on any atom is -0.393 e. The standard InChI is InChI=1S/C13H26O3/c1-6-13(15-5)8-7-9(2)12(16-13)10(3)11(4)14/h9-12,14H,6-8H2,1-5H3. The number of rotatable bonds is 4. The molecule has 0 aliphatic carbocycles. The second-order valence-electron chi connectivity index (χ2n) is 5.17. The molecule has 0 radical (unpaired) electrons. The molecule has 3 heteroatoms. The molecule has 1 heterocycles. The van der Waals surface area contributed by atoms with Gasteiger partial charge in [-0.1, -0.05) is 20.8 Å². The summed E-state index contributed by atoms with van der Waals surface area (Å²) in [5, 5.41) is 9.69. The summed E-state index contributed by atoms with van der Waals surface area (Å²) >= 11 is 0. The minimum atomic E-state index is -0.430. The van der Waals surface area contributed by atoms with Crippen molar-refractivity contribution in [3.63, 3.8) is 0 Å². The fourth-order valence-corrected chi connectivity index (χ4v) is 2.49. The maximum absolute atomic E-state index is 9.69. The van der Waals surface area contributed by atoms with E-state index < -0.39 is 5.79 Å². The molecule has 96 valence electrons. The molecule has 1 saturated heterocycles. The molecule has 1 aliphatic heterocycles. The first-order valence-corrected chi connectivity index (χ1v) is 6.36. The van der Waals surface area contributed by atoms with Crippen LogP contribution in [0.5, 0.6) is 0 Å². The highest BCUT2D eigenvalue weighted by Gasteiger charge is 2.42. The lowest BCUT2D eigenvalue weighted by molar-refractivity contribution is -0.293. The molecule has 0 saturated carbocycles. The number of hydrogen-bond donors (Lipinski definition) is 1. The molecule has 1 fully saturated rings. The van der Waals surface area contributed by atoms with Crippen molar-refractivity contribution in [1.82, 2.24) is 0 Å². The van der Waals surface area contributed by atoms with Gasteiger partial charge in [-0.3, -0.25) is 0 Å². The van der Waals surface area contributed by atoms with E-state index in [1.54, 1.807) is 7.11 Å². The molecule has 1 N–H and O–H groups in total. The lowest BCUT2D eigenvalue weighted by atomic mass is 9.83. The average Bonchev–Trinajstić information content (AvgIpc) is 2.29. The van der Waals surface area contributed by atoms with Crippen LogP contribution in [-0.4, -0.2) is 30.2 Å². The predicted octanol–water partition coefficient (Wildman–Crippen LogP) is 2.57. The van der Waals surface area contributed by atoms with Gasteiger partial charge in [-0.05, 0) is 25.7 Å². The molecular weight excluding hydrogens is 204 g/mol. The molecule has 0 aromatic heterocycles. The van der Waals surface area contributed by atoms with E-state index in [2.05, 4.69) is 13.8 Å². The third kappa shape index (κ3) is 2.76. The van der Waals surface area contributed by atoms with Gasteiger partial charge in [0.1, 0.15) is 0 Å². The Morgan fingerprint density at radius 2 is 2.12 bits per heavy atom. The zero-order chi connectivity index (χ0) is 12.3. The van der Waals surface area contributed by atoms with Crippen molar-refractivity contribution in [3.05, 3.63) is 0 Å². The van der Waals surface area contributed by atoms with Gasteiger partial charge in [-0.15, -0.1) is 0 Å². The van der Waals surface area contributed by atoms with E-state index in [1.807, 2.05) is 13.8 Å². The van der Waals surface area contributed by atoms with Crippen LogP contribution < -0.4 is 0 Å². The monoisotopic (exact) mass is 230 g/mol. The molecule has 0 bridgehead atoms. The van der Waals surface area contributed by atoms with Crippen molar-refractivity contribution >= 4 is 0 Å². The number of methoxy groups -OCH3 is 1. The van der Waals surface area contributed by atoms with Crippen LogP contribution in [0.4, 0.5) is 0 Å². The van der Waals surface area contributed by atoms with Gasteiger partial charge < -0.3 is 14.6 Å². The Bertz CT molecular complexity index is 211. The molecule has 0 aromatic carbocycles. The van der Waals surface area contributed by atoms with Gasteiger partial charge in [0.25, 0.3) is 0 Å². The Kier molecular flexibility index (Phi) is 4.77. The quantitative estimate of drug-likeness (QED) is 0.806. The van der Waals surface area contributed by atoms with Crippen LogP contribution in [-0.2, 0) is 9.47 Å². The van der Waals surface area contributed by atoms with Crippen molar-refractivity contribution in [2.75, 3.05) is 7.11 Å². The van der Waals surface area contributed by atoms with E-state index in [4.69, 9.17) is 9.47 Å². The van der Waals surface area contributed by atoms with E-state index in [1.165, 1.54) is 0 Å². The van der Waals surface area contributed by atoms with Crippen molar-refractivity contribution in [2.24, 2.45) is 11.8 Å². The highest BCUT2D eigenvalue weighted by atomic mass is 16.7. The lowest BCUT2D eigenvalue weighted by Gasteiger charge is -2.45. The number of hydrogen-bond acceptors (Lipinski definition) is 3. The average molecular weight is 230 g/mol. The van der Waals surface area contributed by atoms with E-state index in [9.17, 15) is 5.11 Å². The molecule has 16 heavy (non-hydrogen) atoms. The van der Waals surface area contributed by atoms with Crippen molar-refractivity contribution < 1.29 is 14.6 Å². The first-order chi connectivity index (χ1) is 7.45. The molecule has 3 nitrogen and oxygen atoms in total. The Morgan fingerprint density at radius 1 is 1.50 bits per heavy atom. The summed E-state index contributed by atoms with van der Waals surface area (Å²) in [5.74, 6) is 0.205.